The lowest BCUT2D eigenvalue weighted by Gasteiger charge is -2.16. The van der Waals surface area contributed by atoms with Crippen molar-refractivity contribution in [1.82, 2.24) is 15.5 Å². The van der Waals surface area contributed by atoms with E-state index in [1.165, 1.54) is 25.9 Å². The van der Waals surface area contributed by atoms with Crippen LogP contribution in [0.15, 0.2) is 0 Å². The lowest BCUT2D eigenvalue weighted by Crippen LogP contribution is -2.43. The molecule has 0 radical (unpaired) electrons. The molecule has 100 valence electrons. The number of nitrogens with one attached hydrogen (secondary N) is 2. The molecule has 0 spiro atoms. The molecule has 2 N–H and O–H groups in total. The number of ether oxygens (including phenoxy) is 1. The minimum absolute atomic E-state index is 0.0542. The van der Waals surface area contributed by atoms with Crippen molar-refractivity contribution in [1.29, 1.82) is 0 Å². The third kappa shape index (κ3) is 6.48. The number of urea groups is 1. The van der Waals surface area contributed by atoms with Crippen molar-refractivity contribution >= 4 is 6.03 Å². The molecule has 0 aliphatic carbocycles. The Bertz CT molecular complexity index is 218. The van der Waals surface area contributed by atoms with Gasteiger partial charge in [-0.3, -0.25) is 0 Å². The van der Waals surface area contributed by atoms with Gasteiger partial charge in [-0.1, -0.05) is 0 Å². The van der Waals surface area contributed by atoms with Gasteiger partial charge < -0.3 is 20.3 Å². The number of amides is 2. The van der Waals surface area contributed by atoms with Crippen LogP contribution < -0.4 is 10.6 Å². The Morgan fingerprint density at radius 1 is 1.41 bits per heavy atom. The van der Waals surface area contributed by atoms with Crippen molar-refractivity contribution in [2.45, 2.75) is 32.2 Å². The van der Waals surface area contributed by atoms with Crippen molar-refractivity contribution in [2.24, 2.45) is 0 Å². The summed E-state index contributed by atoms with van der Waals surface area (Å²) in [5.74, 6) is 0. The summed E-state index contributed by atoms with van der Waals surface area (Å²) in [6.45, 7) is 6.73. The van der Waals surface area contributed by atoms with E-state index in [1.54, 1.807) is 7.11 Å². The zero-order valence-electron chi connectivity index (χ0n) is 11.0. The molecule has 1 heterocycles. The minimum atomic E-state index is -0.101. The van der Waals surface area contributed by atoms with Gasteiger partial charge in [-0.05, 0) is 45.8 Å². The first-order valence-electron chi connectivity index (χ1n) is 6.48. The molecule has 1 saturated heterocycles. The van der Waals surface area contributed by atoms with Gasteiger partial charge in [0.1, 0.15) is 0 Å². The number of carbonyl (C=O) groups excluding carboxylic acids is 1. The van der Waals surface area contributed by atoms with E-state index in [-0.39, 0.29) is 12.1 Å². The van der Waals surface area contributed by atoms with Crippen LogP contribution in [-0.4, -0.2) is 56.9 Å². The van der Waals surface area contributed by atoms with E-state index < -0.39 is 0 Å². The molecule has 2 amide bonds. The van der Waals surface area contributed by atoms with E-state index in [1.807, 2.05) is 6.92 Å². The maximum atomic E-state index is 11.4. The predicted molar refractivity (Wildman–Crippen MR) is 68.2 cm³/mol. The van der Waals surface area contributed by atoms with Crippen molar-refractivity contribution in [3.05, 3.63) is 0 Å². The van der Waals surface area contributed by atoms with Gasteiger partial charge in [-0.15, -0.1) is 0 Å². The monoisotopic (exact) mass is 243 g/mol. The van der Waals surface area contributed by atoms with E-state index in [4.69, 9.17) is 4.74 Å². The molecule has 0 unspecified atom stereocenters. The second-order valence-corrected chi connectivity index (χ2v) is 4.66. The topological polar surface area (TPSA) is 53.6 Å². The van der Waals surface area contributed by atoms with E-state index in [2.05, 4.69) is 15.5 Å². The van der Waals surface area contributed by atoms with Crippen LogP contribution in [-0.2, 0) is 4.74 Å². The Kier molecular flexibility index (Phi) is 6.96. The summed E-state index contributed by atoms with van der Waals surface area (Å²) in [6.07, 6.45) is 3.66. The molecule has 0 bridgehead atoms. The molecule has 0 aromatic heterocycles. The Morgan fingerprint density at radius 2 is 2.12 bits per heavy atom. The number of hydrogen-bond donors (Lipinski definition) is 2. The van der Waals surface area contributed by atoms with Crippen LogP contribution in [0.1, 0.15) is 26.2 Å². The molecule has 1 atom stereocenters. The number of hydrogen-bond acceptors (Lipinski definition) is 3. The average Bonchev–Trinajstić information content (AvgIpc) is 2.77. The fourth-order valence-electron chi connectivity index (χ4n) is 2.08. The summed E-state index contributed by atoms with van der Waals surface area (Å²) in [5, 5.41) is 5.68. The first-order valence-corrected chi connectivity index (χ1v) is 6.48. The Balaban J connectivity index is 1.95. The van der Waals surface area contributed by atoms with Crippen molar-refractivity contribution in [3.8, 4) is 0 Å². The minimum Gasteiger partial charge on any atom is -0.383 e. The summed E-state index contributed by atoms with van der Waals surface area (Å²) in [5.41, 5.74) is 0. The van der Waals surface area contributed by atoms with Gasteiger partial charge in [0, 0.05) is 13.7 Å². The highest BCUT2D eigenvalue weighted by Gasteiger charge is 2.10. The molecule has 1 aliphatic heterocycles. The number of rotatable bonds is 7. The standard InChI is InChI=1S/C12H25N3O2/c1-11(10-17-2)14-12(16)13-6-5-9-15-7-3-4-8-15/h11H,3-10H2,1-2H3,(H2,13,14,16)/t11-/m0/s1. The van der Waals surface area contributed by atoms with E-state index in [0.717, 1.165) is 19.5 Å². The van der Waals surface area contributed by atoms with Crippen LogP contribution in [0.4, 0.5) is 4.79 Å². The third-order valence-electron chi connectivity index (χ3n) is 2.93. The van der Waals surface area contributed by atoms with E-state index in [9.17, 15) is 4.79 Å². The first kappa shape index (κ1) is 14.3. The SMILES string of the molecule is COC[C@H](C)NC(=O)NCCCN1CCCC1. The van der Waals surface area contributed by atoms with Crippen LogP contribution in [0.2, 0.25) is 0 Å². The van der Waals surface area contributed by atoms with E-state index >= 15 is 0 Å². The second kappa shape index (κ2) is 8.31. The van der Waals surface area contributed by atoms with Gasteiger partial charge >= 0.3 is 6.03 Å². The van der Waals surface area contributed by atoms with Crippen molar-refractivity contribution < 1.29 is 9.53 Å². The van der Waals surface area contributed by atoms with E-state index in [0.29, 0.717) is 6.61 Å². The number of methoxy groups -OCH3 is 1. The highest BCUT2D eigenvalue weighted by atomic mass is 16.5. The van der Waals surface area contributed by atoms with Crippen molar-refractivity contribution in [3.63, 3.8) is 0 Å². The molecule has 1 aliphatic rings. The van der Waals surface area contributed by atoms with Gasteiger partial charge in [0.2, 0.25) is 0 Å². The molecular formula is C12H25N3O2. The summed E-state index contributed by atoms with van der Waals surface area (Å²) < 4.78 is 4.95. The fourth-order valence-corrected chi connectivity index (χ4v) is 2.08. The van der Waals surface area contributed by atoms with Crippen molar-refractivity contribution in [2.75, 3.05) is 39.9 Å². The number of nitrogens with zero attached hydrogens (tertiary/aromatic N) is 1. The zero-order chi connectivity index (χ0) is 12.5. The van der Waals surface area contributed by atoms with Crippen LogP contribution in [0.3, 0.4) is 0 Å². The summed E-state index contributed by atoms with van der Waals surface area (Å²) in [4.78, 5) is 13.9. The van der Waals surface area contributed by atoms with Crippen LogP contribution in [0.5, 0.6) is 0 Å². The molecular weight excluding hydrogens is 218 g/mol. The summed E-state index contributed by atoms with van der Waals surface area (Å²) in [6, 6.07) is -0.0467. The second-order valence-electron chi connectivity index (χ2n) is 4.66. The van der Waals surface area contributed by atoms with Gasteiger partial charge in [0.25, 0.3) is 0 Å². The first-order chi connectivity index (χ1) is 8.22. The molecule has 17 heavy (non-hydrogen) atoms. The summed E-state index contributed by atoms with van der Waals surface area (Å²) >= 11 is 0. The fraction of sp³-hybridized carbons (Fsp3) is 0.917. The van der Waals surface area contributed by atoms with Crippen LogP contribution in [0, 0.1) is 0 Å². The Labute approximate surface area is 104 Å². The quantitative estimate of drug-likeness (QED) is 0.651. The molecule has 1 fully saturated rings. The molecule has 0 aromatic rings. The maximum Gasteiger partial charge on any atom is 0.315 e. The maximum absolute atomic E-state index is 11.4. The van der Waals surface area contributed by atoms with Gasteiger partial charge in [-0.25, -0.2) is 4.79 Å². The normalized spacial score (nSPS) is 18.0. The molecule has 0 aromatic carbocycles. The van der Waals surface area contributed by atoms with Crippen LogP contribution in [0.25, 0.3) is 0 Å². The van der Waals surface area contributed by atoms with Gasteiger partial charge in [0.05, 0.1) is 12.6 Å². The highest BCUT2D eigenvalue weighted by Crippen LogP contribution is 2.06. The zero-order valence-corrected chi connectivity index (χ0v) is 11.0. The Hall–Kier alpha value is -0.810. The van der Waals surface area contributed by atoms with Gasteiger partial charge in [-0.2, -0.15) is 0 Å². The smallest absolute Gasteiger partial charge is 0.315 e. The molecule has 5 nitrogen and oxygen atoms in total. The third-order valence-corrected chi connectivity index (χ3v) is 2.93. The summed E-state index contributed by atoms with van der Waals surface area (Å²) in [7, 11) is 1.63. The van der Waals surface area contributed by atoms with Crippen LogP contribution >= 0.6 is 0 Å². The predicted octanol–water partition coefficient (Wildman–Crippen LogP) is 0.806. The lowest BCUT2D eigenvalue weighted by molar-refractivity contribution is 0.171. The number of carbonyl (C=O) groups is 1. The average molecular weight is 243 g/mol. The molecule has 1 rings (SSSR count). The highest BCUT2D eigenvalue weighted by molar-refractivity contribution is 5.74. The van der Waals surface area contributed by atoms with Gasteiger partial charge in [0.15, 0.2) is 0 Å². The Morgan fingerprint density at radius 3 is 2.76 bits per heavy atom. The lowest BCUT2D eigenvalue weighted by atomic mass is 10.3. The largest absolute Gasteiger partial charge is 0.383 e. The molecule has 5 heteroatoms. The molecule has 0 saturated carbocycles. The number of likely N-dealkylation sites (tertiary alicyclic amines) is 1.